The molecule has 120 valence electrons. The molecule has 0 aliphatic rings. The van der Waals surface area contributed by atoms with Crippen LogP contribution in [-0.2, 0) is 0 Å². The molecule has 1 N–H and O–H groups in total. The van der Waals surface area contributed by atoms with Crippen LogP contribution in [0.4, 0.5) is 5.69 Å². The summed E-state index contributed by atoms with van der Waals surface area (Å²) < 4.78 is 1.90. The fourth-order valence-electron chi connectivity index (χ4n) is 2.23. The highest BCUT2D eigenvalue weighted by atomic mass is 35.5. The number of aromatic nitrogens is 1. The molecule has 4 nitrogen and oxygen atoms in total. The van der Waals surface area contributed by atoms with Crippen molar-refractivity contribution in [3.8, 4) is 5.69 Å². The lowest BCUT2D eigenvalue weighted by Gasteiger charge is -2.07. The molecule has 24 heavy (non-hydrogen) atoms. The van der Waals surface area contributed by atoms with Gasteiger partial charge >= 0.3 is 5.97 Å². The topological polar surface area (TPSA) is 54.6 Å². The van der Waals surface area contributed by atoms with E-state index in [0.29, 0.717) is 15.7 Å². The van der Waals surface area contributed by atoms with E-state index in [0.717, 1.165) is 11.4 Å². The minimum absolute atomic E-state index is 0.242. The Labute approximate surface area is 148 Å². The van der Waals surface area contributed by atoms with Gasteiger partial charge in [-0.2, -0.15) is 0 Å². The minimum atomic E-state index is -0.952. The maximum Gasteiger partial charge on any atom is 0.335 e. The van der Waals surface area contributed by atoms with Crippen molar-refractivity contribution in [2.24, 2.45) is 4.99 Å². The normalized spacial score (nSPS) is 11.1. The summed E-state index contributed by atoms with van der Waals surface area (Å²) in [5.41, 5.74) is 2.49. The van der Waals surface area contributed by atoms with Gasteiger partial charge in [0, 0.05) is 11.9 Å². The van der Waals surface area contributed by atoms with Gasteiger partial charge in [0.05, 0.1) is 33.2 Å². The SMILES string of the molecule is O=C(O)c1ccc(-n2cccc2C=Nc2cccc(Cl)c2Cl)cc1. The Bertz CT molecular complexity index is 915. The number of aromatic carboxylic acids is 1. The Morgan fingerprint density at radius 1 is 1.04 bits per heavy atom. The highest BCUT2D eigenvalue weighted by Gasteiger charge is 2.06. The van der Waals surface area contributed by atoms with Crippen molar-refractivity contribution >= 4 is 41.1 Å². The molecule has 2 aromatic carbocycles. The molecule has 0 atom stereocenters. The summed E-state index contributed by atoms with van der Waals surface area (Å²) >= 11 is 12.1. The molecule has 1 heterocycles. The second kappa shape index (κ2) is 6.91. The maximum atomic E-state index is 10.9. The zero-order valence-electron chi connectivity index (χ0n) is 12.4. The number of carboxylic acids is 1. The number of halogens is 2. The van der Waals surface area contributed by atoms with Crippen LogP contribution in [-0.4, -0.2) is 21.9 Å². The van der Waals surface area contributed by atoms with Crippen LogP contribution >= 0.6 is 23.2 Å². The number of carboxylic acid groups (broad SMARTS) is 1. The molecule has 0 saturated carbocycles. The summed E-state index contributed by atoms with van der Waals surface area (Å²) in [6, 6.07) is 15.7. The Hall–Kier alpha value is -2.56. The zero-order chi connectivity index (χ0) is 17.1. The maximum absolute atomic E-state index is 10.9. The number of carbonyl (C=O) groups is 1. The Balaban J connectivity index is 1.92. The lowest BCUT2D eigenvalue weighted by atomic mass is 10.2. The molecular formula is C18H12Cl2N2O2. The van der Waals surface area contributed by atoms with Gasteiger partial charge in [-0.15, -0.1) is 0 Å². The number of hydrogen-bond donors (Lipinski definition) is 1. The first-order valence-corrected chi connectivity index (χ1v) is 7.81. The number of benzene rings is 2. The van der Waals surface area contributed by atoms with Crippen LogP contribution in [0.5, 0.6) is 0 Å². The van der Waals surface area contributed by atoms with Gasteiger partial charge in [-0.25, -0.2) is 4.79 Å². The second-order valence-electron chi connectivity index (χ2n) is 4.99. The van der Waals surface area contributed by atoms with Crippen molar-refractivity contribution in [3.63, 3.8) is 0 Å². The van der Waals surface area contributed by atoms with Crippen molar-refractivity contribution in [2.75, 3.05) is 0 Å². The standard InChI is InChI=1S/C18H12Cl2N2O2/c19-15-4-1-5-16(17(15)20)21-11-14-3-2-10-22(14)13-8-6-12(7-9-13)18(23)24/h1-11H,(H,23,24). The number of hydrogen-bond acceptors (Lipinski definition) is 2. The largest absolute Gasteiger partial charge is 0.478 e. The molecule has 0 aliphatic heterocycles. The van der Waals surface area contributed by atoms with Crippen molar-refractivity contribution in [1.82, 2.24) is 4.57 Å². The Morgan fingerprint density at radius 2 is 1.79 bits per heavy atom. The third-order valence-electron chi connectivity index (χ3n) is 3.44. The molecule has 0 bridgehead atoms. The van der Waals surface area contributed by atoms with Gasteiger partial charge in [-0.05, 0) is 48.5 Å². The van der Waals surface area contributed by atoms with Crippen molar-refractivity contribution in [3.05, 3.63) is 82.1 Å². The molecule has 0 aliphatic carbocycles. The first-order valence-electron chi connectivity index (χ1n) is 7.05. The second-order valence-corrected chi connectivity index (χ2v) is 5.77. The monoisotopic (exact) mass is 358 g/mol. The van der Waals surface area contributed by atoms with Crippen LogP contribution in [0.2, 0.25) is 10.0 Å². The van der Waals surface area contributed by atoms with Gasteiger partial charge in [0.25, 0.3) is 0 Å². The summed E-state index contributed by atoms with van der Waals surface area (Å²) in [5.74, 6) is -0.952. The third-order valence-corrected chi connectivity index (χ3v) is 4.25. The van der Waals surface area contributed by atoms with Crippen LogP contribution in [0.15, 0.2) is 65.8 Å². The van der Waals surface area contributed by atoms with Gasteiger partial charge in [-0.3, -0.25) is 4.99 Å². The molecule has 1 aromatic heterocycles. The van der Waals surface area contributed by atoms with E-state index in [4.69, 9.17) is 28.3 Å². The highest BCUT2D eigenvalue weighted by molar-refractivity contribution is 6.43. The summed E-state index contributed by atoms with van der Waals surface area (Å²) in [5, 5.41) is 9.82. The van der Waals surface area contributed by atoms with Crippen LogP contribution in [0.1, 0.15) is 16.1 Å². The highest BCUT2D eigenvalue weighted by Crippen LogP contribution is 2.31. The summed E-state index contributed by atoms with van der Waals surface area (Å²) in [4.78, 5) is 15.3. The van der Waals surface area contributed by atoms with Crippen molar-refractivity contribution < 1.29 is 9.90 Å². The first-order chi connectivity index (χ1) is 11.6. The molecule has 0 spiro atoms. The smallest absolute Gasteiger partial charge is 0.335 e. The van der Waals surface area contributed by atoms with E-state index in [-0.39, 0.29) is 5.56 Å². The van der Waals surface area contributed by atoms with E-state index in [1.165, 1.54) is 0 Å². The predicted molar refractivity (Wildman–Crippen MR) is 96.4 cm³/mol. The number of rotatable bonds is 4. The molecule has 0 saturated heterocycles. The molecule has 0 amide bonds. The molecule has 0 fully saturated rings. The van der Waals surface area contributed by atoms with Crippen LogP contribution in [0.3, 0.4) is 0 Å². The van der Waals surface area contributed by atoms with Gasteiger partial charge in [0.15, 0.2) is 0 Å². The van der Waals surface area contributed by atoms with E-state index >= 15 is 0 Å². The van der Waals surface area contributed by atoms with Crippen molar-refractivity contribution in [1.29, 1.82) is 0 Å². The van der Waals surface area contributed by atoms with Crippen LogP contribution in [0, 0.1) is 0 Å². The van der Waals surface area contributed by atoms with Crippen molar-refractivity contribution in [2.45, 2.75) is 0 Å². The number of aliphatic imine (C=N–C) groups is 1. The van der Waals surface area contributed by atoms with E-state index in [2.05, 4.69) is 4.99 Å². The molecule has 3 aromatic rings. The molecule has 0 unspecified atom stereocenters. The van der Waals surface area contributed by atoms with Gasteiger partial charge in [0.1, 0.15) is 0 Å². The molecule has 0 radical (unpaired) electrons. The van der Waals surface area contributed by atoms with E-state index in [1.807, 2.05) is 22.9 Å². The molecular weight excluding hydrogens is 347 g/mol. The fraction of sp³-hybridized carbons (Fsp3) is 0. The average molecular weight is 359 g/mol. The fourth-order valence-corrected chi connectivity index (χ4v) is 2.57. The average Bonchev–Trinajstić information content (AvgIpc) is 3.05. The summed E-state index contributed by atoms with van der Waals surface area (Å²) in [7, 11) is 0. The minimum Gasteiger partial charge on any atom is -0.478 e. The lowest BCUT2D eigenvalue weighted by Crippen LogP contribution is -2.00. The predicted octanol–water partition coefficient (Wildman–Crippen LogP) is 5.23. The zero-order valence-corrected chi connectivity index (χ0v) is 13.9. The molecule has 3 rings (SSSR count). The van der Waals surface area contributed by atoms with Gasteiger partial charge in [0.2, 0.25) is 0 Å². The van der Waals surface area contributed by atoms with Gasteiger partial charge in [-0.1, -0.05) is 29.3 Å². The Kier molecular flexibility index (Phi) is 4.69. The summed E-state index contributed by atoms with van der Waals surface area (Å²) in [6.07, 6.45) is 3.55. The first kappa shape index (κ1) is 16.3. The summed E-state index contributed by atoms with van der Waals surface area (Å²) in [6.45, 7) is 0. The van der Waals surface area contributed by atoms with E-state index < -0.39 is 5.97 Å². The van der Waals surface area contributed by atoms with Crippen LogP contribution in [0.25, 0.3) is 5.69 Å². The molecule has 6 heteroatoms. The van der Waals surface area contributed by atoms with Gasteiger partial charge < -0.3 is 9.67 Å². The number of nitrogens with zero attached hydrogens (tertiary/aromatic N) is 2. The Morgan fingerprint density at radius 3 is 2.50 bits per heavy atom. The van der Waals surface area contributed by atoms with E-state index in [9.17, 15) is 4.79 Å². The van der Waals surface area contributed by atoms with E-state index in [1.54, 1.807) is 48.7 Å². The third kappa shape index (κ3) is 3.35. The van der Waals surface area contributed by atoms with Crippen LogP contribution < -0.4 is 0 Å². The lowest BCUT2D eigenvalue weighted by molar-refractivity contribution is 0.0697. The quantitative estimate of drug-likeness (QED) is 0.648.